The van der Waals surface area contributed by atoms with E-state index in [-0.39, 0.29) is 6.54 Å². The standard InChI is InChI=1S/C14H19NO5/c1-4-5-20-13(16)9-15-14(17)10-6-11(18-2)8-12(7-10)19-3/h6-8H,4-5,9H2,1-3H3,(H,15,17). The zero-order valence-corrected chi connectivity index (χ0v) is 11.9. The first kappa shape index (κ1) is 15.8. The summed E-state index contributed by atoms with van der Waals surface area (Å²) in [6.45, 7) is 2.08. The Labute approximate surface area is 118 Å². The Balaban J connectivity index is 2.65. The second kappa shape index (κ2) is 8.04. The quantitative estimate of drug-likeness (QED) is 0.764. The highest BCUT2D eigenvalue weighted by Gasteiger charge is 2.11. The molecule has 0 aliphatic heterocycles. The Kier molecular flexibility index (Phi) is 6.36. The van der Waals surface area contributed by atoms with Gasteiger partial charge in [-0.2, -0.15) is 0 Å². The zero-order chi connectivity index (χ0) is 15.0. The number of benzene rings is 1. The maximum absolute atomic E-state index is 11.9. The first-order valence-corrected chi connectivity index (χ1v) is 6.27. The second-order valence-corrected chi connectivity index (χ2v) is 4.00. The molecule has 0 bridgehead atoms. The van der Waals surface area contributed by atoms with Crippen LogP contribution < -0.4 is 14.8 Å². The number of carbonyl (C=O) groups is 2. The summed E-state index contributed by atoms with van der Waals surface area (Å²) in [6.07, 6.45) is 0.743. The summed E-state index contributed by atoms with van der Waals surface area (Å²) in [7, 11) is 3.00. The molecular formula is C14H19NO5. The number of rotatable bonds is 7. The molecule has 6 nitrogen and oxygen atoms in total. The van der Waals surface area contributed by atoms with Crippen LogP contribution in [0.15, 0.2) is 18.2 Å². The minimum atomic E-state index is -0.463. The molecule has 1 rings (SSSR count). The van der Waals surface area contributed by atoms with Crippen molar-refractivity contribution in [3.63, 3.8) is 0 Å². The predicted octanol–water partition coefficient (Wildman–Crippen LogP) is 1.39. The van der Waals surface area contributed by atoms with Gasteiger partial charge in [0.2, 0.25) is 0 Å². The Morgan fingerprint density at radius 3 is 2.20 bits per heavy atom. The molecule has 0 aromatic heterocycles. The van der Waals surface area contributed by atoms with E-state index in [0.717, 1.165) is 6.42 Å². The number of nitrogens with one attached hydrogen (secondary N) is 1. The van der Waals surface area contributed by atoms with Gasteiger partial charge in [0.1, 0.15) is 18.0 Å². The van der Waals surface area contributed by atoms with Gasteiger partial charge in [-0.15, -0.1) is 0 Å². The van der Waals surface area contributed by atoms with Gasteiger partial charge < -0.3 is 19.5 Å². The van der Waals surface area contributed by atoms with Crippen molar-refractivity contribution in [2.45, 2.75) is 13.3 Å². The second-order valence-electron chi connectivity index (χ2n) is 4.00. The molecule has 0 aliphatic carbocycles. The molecule has 0 heterocycles. The van der Waals surface area contributed by atoms with Crippen molar-refractivity contribution < 1.29 is 23.8 Å². The molecule has 20 heavy (non-hydrogen) atoms. The Morgan fingerprint density at radius 1 is 1.10 bits per heavy atom. The smallest absolute Gasteiger partial charge is 0.325 e. The van der Waals surface area contributed by atoms with Crippen LogP contribution >= 0.6 is 0 Å². The lowest BCUT2D eigenvalue weighted by Crippen LogP contribution is -2.30. The monoisotopic (exact) mass is 281 g/mol. The molecule has 0 fully saturated rings. The van der Waals surface area contributed by atoms with E-state index in [4.69, 9.17) is 14.2 Å². The van der Waals surface area contributed by atoms with Crippen molar-refractivity contribution >= 4 is 11.9 Å². The largest absolute Gasteiger partial charge is 0.497 e. The molecular weight excluding hydrogens is 262 g/mol. The minimum absolute atomic E-state index is 0.168. The summed E-state index contributed by atoms with van der Waals surface area (Å²) in [4.78, 5) is 23.2. The molecule has 1 aromatic rings. The lowest BCUT2D eigenvalue weighted by molar-refractivity contribution is -0.142. The number of hydrogen-bond donors (Lipinski definition) is 1. The Hall–Kier alpha value is -2.24. The van der Waals surface area contributed by atoms with Crippen molar-refractivity contribution in [2.24, 2.45) is 0 Å². The van der Waals surface area contributed by atoms with Crippen molar-refractivity contribution in [2.75, 3.05) is 27.4 Å². The molecule has 0 radical (unpaired) electrons. The average Bonchev–Trinajstić information content (AvgIpc) is 2.49. The molecule has 0 aliphatic rings. The molecule has 1 amide bonds. The van der Waals surface area contributed by atoms with E-state index in [1.807, 2.05) is 6.92 Å². The van der Waals surface area contributed by atoms with Gasteiger partial charge >= 0.3 is 5.97 Å². The SMILES string of the molecule is CCCOC(=O)CNC(=O)c1cc(OC)cc(OC)c1. The lowest BCUT2D eigenvalue weighted by Gasteiger charge is -2.09. The van der Waals surface area contributed by atoms with E-state index >= 15 is 0 Å². The third-order valence-electron chi connectivity index (χ3n) is 2.47. The normalized spacial score (nSPS) is 9.75. The third-order valence-corrected chi connectivity index (χ3v) is 2.47. The number of esters is 1. The van der Waals surface area contributed by atoms with Crippen LogP contribution in [0.4, 0.5) is 0 Å². The van der Waals surface area contributed by atoms with E-state index < -0.39 is 11.9 Å². The molecule has 0 atom stereocenters. The zero-order valence-electron chi connectivity index (χ0n) is 11.9. The molecule has 0 unspecified atom stereocenters. The molecule has 1 N–H and O–H groups in total. The van der Waals surface area contributed by atoms with Crippen molar-refractivity contribution in [3.05, 3.63) is 23.8 Å². The molecule has 1 aromatic carbocycles. The summed E-state index contributed by atoms with van der Waals surface area (Å²) in [6, 6.07) is 4.79. The molecule has 0 saturated heterocycles. The van der Waals surface area contributed by atoms with Crippen molar-refractivity contribution in [1.82, 2.24) is 5.32 Å². The molecule has 0 saturated carbocycles. The van der Waals surface area contributed by atoms with E-state index in [0.29, 0.717) is 23.7 Å². The van der Waals surface area contributed by atoms with Crippen LogP contribution in [0.1, 0.15) is 23.7 Å². The highest BCUT2D eigenvalue weighted by Crippen LogP contribution is 2.22. The Bertz CT molecular complexity index is 450. The third kappa shape index (κ3) is 4.79. The van der Waals surface area contributed by atoms with E-state index in [2.05, 4.69) is 5.32 Å². The van der Waals surface area contributed by atoms with Gasteiger partial charge in [0.25, 0.3) is 5.91 Å². The van der Waals surface area contributed by atoms with E-state index in [1.165, 1.54) is 14.2 Å². The van der Waals surface area contributed by atoms with Crippen LogP contribution in [0, 0.1) is 0 Å². The highest BCUT2D eigenvalue weighted by atomic mass is 16.5. The van der Waals surface area contributed by atoms with Crippen LogP contribution in [0.2, 0.25) is 0 Å². The maximum atomic E-state index is 11.9. The van der Waals surface area contributed by atoms with Crippen LogP contribution in [0.5, 0.6) is 11.5 Å². The first-order valence-electron chi connectivity index (χ1n) is 6.27. The fourth-order valence-corrected chi connectivity index (χ4v) is 1.46. The van der Waals surface area contributed by atoms with Gasteiger partial charge in [-0.1, -0.05) is 6.92 Å². The van der Waals surface area contributed by atoms with Crippen molar-refractivity contribution in [1.29, 1.82) is 0 Å². The van der Waals surface area contributed by atoms with Crippen LogP contribution in [0.25, 0.3) is 0 Å². The molecule has 6 heteroatoms. The highest BCUT2D eigenvalue weighted by molar-refractivity contribution is 5.96. The van der Waals surface area contributed by atoms with Gasteiger partial charge in [-0.3, -0.25) is 9.59 Å². The van der Waals surface area contributed by atoms with Gasteiger partial charge in [-0.25, -0.2) is 0 Å². The van der Waals surface area contributed by atoms with Crippen LogP contribution in [0.3, 0.4) is 0 Å². The predicted molar refractivity (Wildman–Crippen MR) is 73.1 cm³/mol. The fourth-order valence-electron chi connectivity index (χ4n) is 1.46. The van der Waals surface area contributed by atoms with Gasteiger partial charge in [0, 0.05) is 11.6 Å². The number of methoxy groups -OCH3 is 2. The average molecular weight is 281 g/mol. The number of ether oxygens (including phenoxy) is 3. The van der Waals surface area contributed by atoms with Crippen LogP contribution in [-0.2, 0) is 9.53 Å². The topological polar surface area (TPSA) is 73.9 Å². The maximum Gasteiger partial charge on any atom is 0.325 e. The Morgan fingerprint density at radius 2 is 1.70 bits per heavy atom. The van der Waals surface area contributed by atoms with E-state index in [9.17, 15) is 9.59 Å². The van der Waals surface area contributed by atoms with Gasteiger partial charge in [-0.05, 0) is 18.6 Å². The summed E-state index contributed by atoms with van der Waals surface area (Å²) >= 11 is 0. The van der Waals surface area contributed by atoms with Crippen molar-refractivity contribution in [3.8, 4) is 11.5 Å². The molecule has 110 valence electrons. The molecule has 0 spiro atoms. The first-order chi connectivity index (χ1) is 9.60. The van der Waals surface area contributed by atoms with Gasteiger partial charge in [0.15, 0.2) is 0 Å². The van der Waals surface area contributed by atoms with Crippen LogP contribution in [-0.4, -0.2) is 39.2 Å². The number of hydrogen-bond acceptors (Lipinski definition) is 5. The lowest BCUT2D eigenvalue weighted by atomic mass is 10.2. The summed E-state index contributed by atoms with van der Waals surface area (Å²) < 4.78 is 15.0. The van der Waals surface area contributed by atoms with E-state index in [1.54, 1.807) is 18.2 Å². The minimum Gasteiger partial charge on any atom is -0.497 e. The fraction of sp³-hybridized carbons (Fsp3) is 0.429. The number of amides is 1. The summed E-state index contributed by atoms with van der Waals surface area (Å²) in [5.74, 6) is 0.150. The number of carbonyl (C=O) groups excluding carboxylic acids is 2. The summed E-state index contributed by atoms with van der Waals surface area (Å²) in [5.41, 5.74) is 0.351. The summed E-state index contributed by atoms with van der Waals surface area (Å²) in [5, 5.41) is 2.49. The van der Waals surface area contributed by atoms with Gasteiger partial charge in [0.05, 0.1) is 20.8 Å².